The lowest BCUT2D eigenvalue weighted by atomic mass is 10.1. The van der Waals surface area contributed by atoms with E-state index in [0.29, 0.717) is 34.1 Å². The Balaban J connectivity index is 1.88. The van der Waals surface area contributed by atoms with Gasteiger partial charge in [-0.1, -0.05) is 17.3 Å². The number of halogens is 1. The highest BCUT2D eigenvalue weighted by Crippen LogP contribution is 2.35. The van der Waals surface area contributed by atoms with Gasteiger partial charge in [0.25, 0.3) is 0 Å². The van der Waals surface area contributed by atoms with Crippen molar-refractivity contribution in [2.45, 2.75) is 6.61 Å². The molecule has 0 radical (unpaired) electrons. The van der Waals surface area contributed by atoms with Gasteiger partial charge in [0.2, 0.25) is 6.79 Å². The monoisotopic (exact) mass is 313 g/mol. The largest absolute Gasteiger partial charge is 0.454 e. The van der Waals surface area contributed by atoms with Gasteiger partial charge in [0, 0.05) is 11.6 Å². The van der Waals surface area contributed by atoms with Gasteiger partial charge >= 0.3 is 0 Å². The van der Waals surface area contributed by atoms with E-state index in [1.54, 1.807) is 35.0 Å². The van der Waals surface area contributed by atoms with Gasteiger partial charge in [-0.25, -0.2) is 9.07 Å². The van der Waals surface area contributed by atoms with Gasteiger partial charge in [-0.2, -0.15) is 0 Å². The topological polar surface area (TPSA) is 69.4 Å². The fraction of sp³-hybridized carbons (Fsp3) is 0.125. The summed E-state index contributed by atoms with van der Waals surface area (Å²) in [5.74, 6) is 0.891. The zero-order valence-corrected chi connectivity index (χ0v) is 11.9. The lowest BCUT2D eigenvalue weighted by Gasteiger charge is -2.08. The van der Waals surface area contributed by atoms with Crippen LogP contribution in [0.15, 0.2) is 42.5 Å². The quantitative estimate of drug-likeness (QED) is 0.803. The normalized spacial score (nSPS) is 12.6. The Morgan fingerprint density at radius 3 is 2.83 bits per heavy atom. The summed E-state index contributed by atoms with van der Waals surface area (Å²) in [6.07, 6.45) is 0. The number of rotatable bonds is 3. The first-order valence-electron chi connectivity index (χ1n) is 6.97. The van der Waals surface area contributed by atoms with Gasteiger partial charge in [-0.15, -0.1) is 5.10 Å². The van der Waals surface area contributed by atoms with Crippen LogP contribution in [0.5, 0.6) is 11.5 Å². The van der Waals surface area contributed by atoms with Gasteiger partial charge in [0.1, 0.15) is 17.2 Å². The van der Waals surface area contributed by atoms with Crippen LogP contribution in [0.3, 0.4) is 0 Å². The average Bonchev–Trinajstić information content (AvgIpc) is 3.20. The molecule has 23 heavy (non-hydrogen) atoms. The number of hydrogen-bond acceptors (Lipinski definition) is 5. The number of aromatic nitrogens is 3. The summed E-state index contributed by atoms with van der Waals surface area (Å²) in [5.41, 5.74) is 2.16. The zero-order chi connectivity index (χ0) is 15.8. The molecule has 0 fully saturated rings. The summed E-state index contributed by atoms with van der Waals surface area (Å²) in [6, 6.07) is 11.4. The second kappa shape index (κ2) is 5.36. The minimum Gasteiger partial charge on any atom is -0.454 e. The minimum absolute atomic E-state index is 0.175. The van der Waals surface area contributed by atoms with Crippen LogP contribution in [0.4, 0.5) is 4.39 Å². The third kappa shape index (κ3) is 2.31. The first-order valence-corrected chi connectivity index (χ1v) is 6.97. The van der Waals surface area contributed by atoms with Crippen molar-refractivity contribution in [1.29, 1.82) is 0 Å². The molecule has 1 aliphatic heterocycles. The number of aliphatic hydroxyl groups excluding tert-OH is 1. The lowest BCUT2D eigenvalue weighted by molar-refractivity contribution is 0.174. The number of aliphatic hydroxyl groups is 1. The third-order valence-electron chi connectivity index (χ3n) is 3.59. The van der Waals surface area contributed by atoms with E-state index < -0.39 is 0 Å². The summed E-state index contributed by atoms with van der Waals surface area (Å²) in [7, 11) is 0. The van der Waals surface area contributed by atoms with Crippen molar-refractivity contribution in [3.63, 3.8) is 0 Å². The van der Waals surface area contributed by atoms with Gasteiger partial charge in [0.05, 0.1) is 12.3 Å². The fourth-order valence-electron chi connectivity index (χ4n) is 2.54. The molecular formula is C16H12FN3O3. The standard InChI is InChI=1S/C16H12FN3O3/c17-11-3-1-2-10(6-11)16-13(8-21)18-19-20(16)12-4-5-14-15(7-12)23-9-22-14/h1-7,21H,8-9H2. The predicted molar refractivity (Wildman–Crippen MR) is 78.8 cm³/mol. The van der Waals surface area contributed by atoms with E-state index in [4.69, 9.17) is 9.47 Å². The molecule has 3 aromatic rings. The Bertz CT molecular complexity index is 879. The van der Waals surface area contributed by atoms with E-state index in [1.807, 2.05) is 0 Å². The molecule has 7 heteroatoms. The van der Waals surface area contributed by atoms with E-state index in [2.05, 4.69) is 10.3 Å². The van der Waals surface area contributed by atoms with Crippen LogP contribution in [0, 0.1) is 5.82 Å². The summed E-state index contributed by atoms with van der Waals surface area (Å²) in [6.45, 7) is -0.120. The van der Waals surface area contributed by atoms with Crippen molar-refractivity contribution in [2.24, 2.45) is 0 Å². The predicted octanol–water partition coefficient (Wildman–Crippen LogP) is 2.29. The van der Waals surface area contributed by atoms with E-state index in [-0.39, 0.29) is 19.2 Å². The molecule has 6 nitrogen and oxygen atoms in total. The smallest absolute Gasteiger partial charge is 0.231 e. The summed E-state index contributed by atoms with van der Waals surface area (Å²) >= 11 is 0. The maximum Gasteiger partial charge on any atom is 0.231 e. The molecule has 116 valence electrons. The van der Waals surface area contributed by atoms with Gasteiger partial charge < -0.3 is 14.6 Å². The van der Waals surface area contributed by atoms with Crippen LogP contribution < -0.4 is 9.47 Å². The van der Waals surface area contributed by atoms with Crippen LogP contribution in [0.2, 0.25) is 0 Å². The van der Waals surface area contributed by atoms with Crippen molar-refractivity contribution < 1.29 is 19.0 Å². The molecule has 0 unspecified atom stereocenters. The fourth-order valence-corrected chi connectivity index (χ4v) is 2.54. The first kappa shape index (κ1) is 13.7. The van der Waals surface area contributed by atoms with Gasteiger partial charge in [-0.05, 0) is 24.3 Å². The second-order valence-electron chi connectivity index (χ2n) is 5.00. The van der Waals surface area contributed by atoms with Crippen LogP contribution in [0.1, 0.15) is 5.69 Å². The third-order valence-corrected chi connectivity index (χ3v) is 3.59. The Hall–Kier alpha value is -2.93. The number of hydrogen-bond donors (Lipinski definition) is 1. The van der Waals surface area contributed by atoms with E-state index in [0.717, 1.165) is 0 Å². The van der Waals surface area contributed by atoms with Gasteiger partial charge in [0.15, 0.2) is 11.5 Å². The van der Waals surface area contributed by atoms with Crippen LogP contribution in [0.25, 0.3) is 16.9 Å². The molecular weight excluding hydrogens is 301 g/mol. The van der Waals surface area contributed by atoms with Crippen LogP contribution in [-0.4, -0.2) is 26.9 Å². The number of nitrogens with zero attached hydrogens (tertiary/aromatic N) is 3. The van der Waals surface area contributed by atoms with Crippen molar-refractivity contribution >= 4 is 0 Å². The number of ether oxygens (including phenoxy) is 2. The van der Waals surface area contributed by atoms with Crippen molar-refractivity contribution in [3.8, 4) is 28.4 Å². The SMILES string of the molecule is OCc1nnn(-c2ccc3c(c2)OCO3)c1-c1cccc(F)c1. The molecule has 1 aromatic heterocycles. The van der Waals surface area contributed by atoms with Crippen LogP contribution in [-0.2, 0) is 6.61 Å². The average molecular weight is 313 g/mol. The van der Waals surface area contributed by atoms with E-state index in [9.17, 15) is 9.50 Å². The zero-order valence-electron chi connectivity index (χ0n) is 11.9. The molecule has 0 atom stereocenters. The highest BCUT2D eigenvalue weighted by atomic mass is 19.1. The van der Waals surface area contributed by atoms with Gasteiger partial charge in [-0.3, -0.25) is 0 Å². The molecule has 0 bridgehead atoms. The highest BCUT2D eigenvalue weighted by Gasteiger charge is 2.19. The molecule has 2 aromatic carbocycles. The molecule has 0 spiro atoms. The molecule has 0 amide bonds. The van der Waals surface area contributed by atoms with Crippen molar-refractivity contribution in [1.82, 2.24) is 15.0 Å². The second-order valence-corrected chi connectivity index (χ2v) is 5.00. The van der Waals surface area contributed by atoms with Crippen molar-refractivity contribution in [3.05, 3.63) is 54.0 Å². The Labute approximate surface area is 130 Å². The highest BCUT2D eigenvalue weighted by molar-refractivity contribution is 5.65. The summed E-state index contributed by atoms with van der Waals surface area (Å²) in [5, 5.41) is 17.6. The lowest BCUT2D eigenvalue weighted by Crippen LogP contribution is -2.00. The molecule has 2 heterocycles. The molecule has 1 aliphatic rings. The Kier molecular flexibility index (Phi) is 3.20. The van der Waals surface area contributed by atoms with E-state index in [1.165, 1.54) is 12.1 Å². The Morgan fingerprint density at radius 2 is 2.00 bits per heavy atom. The molecule has 0 saturated carbocycles. The molecule has 0 aliphatic carbocycles. The summed E-state index contributed by atoms with van der Waals surface area (Å²) in [4.78, 5) is 0. The van der Waals surface area contributed by atoms with Crippen LogP contribution >= 0.6 is 0 Å². The molecule has 4 rings (SSSR count). The summed E-state index contributed by atoms with van der Waals surface area (Å²) < 4.78 is 25.8. The first-order chi connectivity index (χ1) is 11.3. The molecule has 1 N–H and O–H groups in total. The maximum atomic E-state index is 13.6. The molecule has 0 saturated heterocycles. The van der Waals surface area contributed by atoms with E-state index >= 15 is 0 Å². The number of benzene rings is 2. The maximum absolute atomic E-state index is 13.6. The number of fused-ring (bicyclic) bond motifs is 1. The Morgan fingerprint density at radius 1 is 1.13 bits per heavy atom. The van der Waals surface area contributed by atoms with Crippen molar-refractivity contribution in [2.75, 3.05) is 6.79 Å². The minimum atomic E-state index is -0.371.